The molecule has 1 saturated heterocycles. The van der Waals surface area contributed by atoms with E-state index in [1.54, 1.807) is 4.90 Å². The van der Waals surface area contributed by atoms with Gasteiger partial charge in [0, 0.05) is 25.2 Å². The van der Waals surface area contributed by atoms with E-state index in [4.69, 9.17) is 9.47 Å². The molecule has 1 aliphatic heterocycles. The van der Waals surface area contributed by atoms with Crippen molar-refractivity contribution < 1.29 is 19.2 Å². The normalized spacial score (nSPS) is 14.6. The number of nitrogens with one attached hydrogen (secondary N) is 1. The minimum absolute atomic E-state index is 0.0531. The largest absolute Gasteiger partial charge is 0.495 e. The second-order valence-electron chi connectivity index (χ2n) is 4.49. The number of ether oxygens (including phenoxy) is 2. The van der Waals surface area contributed by atoms with E-state index in [1.807, 2.05) is 0 Å². The lowest BCUT2D eigenvalue weighted by atomic mass is 10.2. The van der Waals surface area contributed by atoms with Crippen molar-refractivity contribution in [2.45, 2.75) is 0 Å². The van der Waals surface area contributed by atoms with Gasteiger partial charge in [0.15, 0.2) is 0 Å². The summed E-state index contributed by atoms with van der Waals surface area (Å²) in [6.07, 6.45) is 0. The lowest BCUT2D eigenvalue weighted by molar-refractivity contribution is -0.384. The van der Waals surface area contributed by atoms with Crippen LogP contribution in [0.1, 0.15) is 0 Å². The molecule has 114 valence electrons. The van der Waals surface area contributed by atoms with Gasteiger partial charge in [0.2, 0.25) is 5.91 Å². The van der Waals surface area contributed by atoms with E-state index >= 15 is 0 Å². The fourth-order valence-electron chi connectivity index (χ4n) is 2.04. The molecule has 2 rings (SSSR count). The van der Waals surface area contributed by atoms with Crippen LogP contribution in [0.5, 0.6) is 5.75 Å². The van der Waals surface area contributed by atoms with Gasteiger partial charge in [0.25, 0.3) is 5.69 Å². The lowest BCUT2D eigenvalue weighted by Gasteiger charge is -2.27. The summed E-state index contributed by atoms with van der Waals surface area (Å²) in [4.78, 5) is 24.0. The van der Waals surface area contributed by atoms with Gasteiger partial charge < -0.3 is 19.7 Å². The predicted octanol–water partition coefficient (Wildman–Crippen LogP) is 0.874. The van der Waals surface area contributed by atoms with Crippen molar-refractivity contribution in [2.24, 2.45) is 0 Å². The predicted molar refractivity (Wildman–Crippen MR) is 75.5 cm³/mol. The first-order valence-corrected chi connectivity index (χ1v) is 6.53. The summed E-state index contributed by atoms with van der Waals surface area (Å²) >= 11 is 0. The molecule has 8 heteroatoms. The van der Waals surface area contributed by atoms with Crippen molar-refractivity contribution in [2.75, 3.05) is 45.3 Å². The van der Waals surface area contributed by atoms with Crippen molar-refractivity contribution in [3.63, 3.8) is 0 Å². The molecule has 0 aliphatic carbocycles. The van der Waals surface area contributed by atoms with Crippen LogP contribution in [0.25, 0.3) is 0 Å². The Kier molecular flexibility index (Phi) is 4.94. The van der Waals surface area contributed by atoms with Crippen LogP contribution in [0, 0.1) is 10.1 Å². The highest BCUT2D eigenvalue weighted by molar-refractivity contribution is 5.81. The molecule has 1 aromatic rings. The third kappa shape index (κ3) is 3.82. The van der Waals surface area contributed by atoms with Crippen molar-refractivity contribution in [3.8, 4) is 5.75 Å². The number of hydrogen-bond donors (Lipinski definition) is 1. The highest BCUT2D eigenvalue weighted by atomic mass is 16.6. The molecule has 1 N–H and O–H groups in total. The second kappa shape index (κ2) is 6.89. The molecule has 1 aromatic carbocycles. The Labute approximate surface area is 121 Å². The Morgan fingerprint density at radius 2 is 2.19 bits per heavy atom. The number of nitro benzene ring substituents is 1. The third-order valence-electron chi connectivity index (χ3n) is 3.19. The quantitative estimate of drug-likeness (QED) is 0.640. The van der Waals surface area contributed by atoms with Crippen molar-refractivity contribution in [1.29, 1.82) is 0 Å². The molecule has 1 heterocycles. The van der Waals surface area contributed by atoms with Crippen LogP contribution in [-0.2, 0) is 9.53 Å². The molecular formula is C13H17N3O5. The number of anilines is 1. The number of amides is 1. The Morgan fingerprint density at radius 3 is 2.81 bits per heavy atom. The smallest absolute Gasteiger partial charge is 0.271 e. The molecule has 1 amide bonds. The third-order valence-corrected chi connectivity index (χ3v) is 3.19. The first-order chi connectivity index (χ1) is 10.1. The van der Waals surface area contributed by atoms with Gasteiger partial charge in [-0.15, -0.1) is 0 Å². The number of hydrogen-bond acceptors (Lipinski definition) is 6. The molecule has 0 saturated carbocycles. The lowest BCUT2D eigenvalue weighted by Crippen LogP contribution is -2.43. The summed E-state index contributed by atoms with van der Waals surface area (Å²) in [5.41, 5.74) is 0.366. The zero-order chi connectivity index (χ0) is 15.2. The van der Waals surface area contributed by atoms with E-state index in [2.05, 4.69) is 5.32 Å². The van der Waals surface area contributed by atoms with Crippen LogP contribution in [0.3, 0.4) is 0 Å². The van der Waals surface area contributed by atoms with Crippen LogP contribution in [0.15, 0.2) is 18.2 Å². The summed E-state index contributed by atoms with van der Waals surface area (Å²) in [6.45, 7) is 2.24. The molecule has 0 bridgehead atoms. The maximum absolute atomic E-state index is 12.0. The van der Waals surface area contributed by atoms with Crippen molar-refractivity contribution in [3.05, 3.63) is 28.3 Å². The summed E-state index contributed by atoms with van der Waals surface area (Å²) in [5.74, 6) is 0.377. The SMILES string of the molecule is COc1ccc([N+](=O)[O-])cc1NCC(=O)N1CCOCC1. The maximum Gasteiger partial charge on any atom is 0.271 e. The van der Waals surface area contributed by atoms with E-state index in [1.165, 1.54) is 25.3 Å². The van der Waals surface area contributed by atoms with Crippen molar-refractivity contribution >= 4 is 17.3 Å². The second-order valence-corrected chi connectivity index (χ2v) is 4.49. The number of rotatable bonds is 5. The zero-order valence-electron chi connectivity index (χ0n) is 11.7. The number of carbonyl (C=O) groups excluding carboxylic acids is 1. The van der Waals surface area contributed by atoms with E-state index in [0.717, 1.165) is 0 Å². The highest BCUT2D eigenvalue weighted by Gasteiger charge is 2.17. The van der Waals surface area contributed by atoms with Gasteiger partial charge in [0.05, 0.1) is 37.5 Å². The standard InChI is InChI=1S/C13H17N3O5/c1-20-12-3-2-10(16(18)19)8-11(12)14-9-13(17)15-4-6-21-7-5-15/h2-3,8,14H,4-7,9H2,1H3. The molecule has 0 atom stereocenters. The van der Waals surface area contributed by atoms with E-state index in [-0.39, 0.29) is 18.1 Å². The summed E-state index contributed by atoms with van der Waals surface area (Å²) in [7, 11) is 1.47. The topological polar surface area (TPSA) is 93.9 Å². The molecule has 0 unspecified atom stereocenters. The van der Waals surface area contributed by atoms with Gasteiger partial charge in [-0.3, -0.25) is 14.9 Å². The van der Waals surface area contributed by atoms with Crippen LogP contribution < -0.4 is 10.1 Å². The minimum Gasteiger partial charge on any atom is -0.495 e. The maximum atomic E-state index is 12.0. The molecule has 0 spiro atoms. The number of nitrogens with zero attached hydrogens (tertiary/aromatic N) is 2. The number of carbonyl (C=O) groups is 1. The van der Waals surface area contributed by atoms with E-state index < -0.39 is 4.92 Å². The van der Waals surface area contributed by atoms with Gasteiger partial charge in [0.1, 0.15) is 5.75 Å². The first kappa shape index (κ1) is 15.0. The van der Waals surface area contributed by atoms with E-state index in [0.29, 0.717) is 37.7 Å². The fraction of sp³-hybridized carbons (Fsp3) is 0.462. The summed E-state index contributed by atoms with van der Waals surface area (Å²) < 4.78 is 10.3. The Morgan fingerprint density at radius 1 is 1.48 bits per heavy atom. The van der Waals surface area contributed by atoms with Gasteiger partial charge in [-0.05, 0) is 6.07 Å². The number of morpholine rings is 1. The van der Waals surface area contributed by atoms with Crippen molar-refractivity contribution in [1.82, 2.24) is 4.90 Å². The number of non-ortho nitro benzene ring substituents is 1. The molecule has 0 radical (unpaired) electrons. The number of benzene rings is 1. The van der Waals surface area contributed by atoms with Crippen LogP contribution >= 0.6 is 0 Å². The average Bonchev–Trinajstić information content (AvgIpc) is 2.53. The minimum atomic E-state index is -0.492. The zero-order valence-corrected chi connectivity index (χ0v) is 11.7. The molecule has 1 aliphatic rings. The van der Waals surface area contributed by atoms with Gasteiger partial charge in [-0.1, -0.05) is 0 Å². The molecule has 8 nitrogen and oxygen atoms in total. The Balaban J connectivity index is 2.02. The van der Waals surface area contributed by atoms with Gasteiger partial charge >= 0.3 is 0 Å². The number of nitro groups is 1. The van der Waals surface area contributed by atoms with Gasteiger partial charge in [-0.2, -0.15) is 0 Å². The first-order valence-electron chi connectivity index (χ1n) is 6.53. The summed E-state index contributed by atoms with van der Waals surface area (Å²) in [6, 6.07) is 4.21. The van der Waals surface area contributed by atoms with E-state index in [9.17, 15) is 14.9 Å². The van der Waals surface area contributed by atoms with Crippen LogP contribution in [0.2, 0.25) is 0 Å². The summed E-state index contributed by atoms with van der Waals surface area (Å²) in [5, 5.41) is 13.7. The Bertz CT molecular complexity index is 529. The van der Waals surface area contributed by atoms with Gasteiger partial charge in [-0.25, -0.2) is 0 Å². The molecule has 21 heavy (non-hydrogen) atoms. The van der Waals surface area contributed by atoms with Crippen LogP contribution in [-0.4, -0.2) is 55.7 Å². The monoisotopic (exact) mass is 295 g/mol. The molecular weight excluding hydrogens is 278 g/mol. The highest BCUT2D eigenvalue weighted by Crippen LogP contribution is 2.28. The Hall–Kier alpha value is -2.35. The van der Waals surface area contributed by atoms with Crippen LogP contribution in [0.4, 0.5) is 11.4 Å². The average molecular weight is 295 g/mol. The fourth-order valence-corrected chi connectivity index (χ4v) is 2.04. The number of methoxy groups -OCH3 is 1. The molecule has 0 aromatic heterocycles. The molecule has 1 fully saturated rings.